The normalized spacial score (nSPS) is 21.0. The smallest absolute Gasteiger partial charge is 0.266 e. The van der Waals surface area contributed by atoms with E-state index in [1.54, 1.807) is 9.80 Å². The molecule has 1 aromatic rings. The third-order valence-electron chi connectivity index (χ3n) is 3.91. The summed E-state index contributed by atoms with van der Waals surface area (Å²) in [4.78, 5) is 29.0. The Bertz CT molecular complexity index is 787. The maximum absolute atomic E-state index is 12.3. The van der Waals surface area contributed by atoms with Crippen molar-refractivity contribution < 1.29 is 9.59 Å². The first-order valence-electron chi connectivity index (χ1n) is 8.05. The molecule has 0 saturated carbocycles. The molecule has 2 saturated heterocycles. The van der Waals surface area contributed by atoms with Gasteiger partial charge in [-0.05, 0) is 37.1 Å². The van der Waals surface area contributed by atoms with E-state index in [4.69, 9.17) is 24.4 Å². The molecule has 2 aliphatic rings. The fraction of sp³-hybridized carbons (Fsp3) is 0.222. The third-order valence-corrected chi connectivity index (χ3v) is 6.67. The standard InChI is InChI=1S/C18H16N2O2S4/c1-3-19-15(21)13(25-17(19)23)9-11-5-7-12(8-6-11)10-14-16(22)20(4-2)18(24)26-14/h5-10H,3-4H2,1-2H3/b13-9+,14-10+. The van der Waals surface area contributed by atoms with E-state index in [2.05, 4.69) is 0 Å². The largest absolute Gasteiger partial charge is 0.293 e. The van der Waals surface area contributed by atoms with Crippen molar-refractivity contribution in [2.75, 3.05) is 13.1 Å². The average Bonchev–Trinajstić information content (AvgIpc) is 3.04. The summed E-state index contributed by atoms with van der Waals surface area (Å²) in [7, 11) is 0. The van der Waals surface area contributed by atoms with E-state index in [9.17, 15) is 9.59 Å². The maximum atomic E-state index is 12.3. The van der Waals surface area contributed by atoms with E-state index in [1.165, 1.54) is 23.5 Å². The molecule has 4 nitrogen and oxygen atoms in total. The summed E-state index contributed by atoms with van der Waals surface area (Å²) in [5.41, 5.74) is 1.83. The van der Waals surface area contributed by atoms with Crippen LogP contribution in [0.1, 0.15) is 25.0 Å². The number of thiocarbonyl (C=S) groups is 2. The minimum Gasteiger partial charge on any atom is -0.293 e. The fourth-order valence-corrected chi connectivity index (χ4v) is 5.30. The van der Waals surface area contributed by atoms with Crippen LogP contribution in [0.3, 0.4) is 0 Å². The molecule has 134 valence electrons. The molecule has 2 heterocycles. The van der Waals surface area contributed by atoms with Crippen LogP contribution < -0.4 is 0 Å². The molecule has 2 aliphatic heterocycles. The zero-order valence-electron chi connectivity index (χ0n) is 14.2. The van der Waals surface area contributed by atoms with Crippen LogP contribution in [0.2, 0.25) is 0 Å². The summed E-state index contributed by atoms with van der Waals surface area (Å²) in [6, 6.07) is 7.69. The quantitative estimate of drug-likeness (QED) is 0.539. The van der Waals surface area contributed by atoms with Crippen LogP contribution >= 0.6 is 48.0 Å². The summed E-state index contributed by atoms with van der Waals surface area (Å²) in [6.45, 7) is 4.97. The van der Waals surface area contributed by atoms with Gasteiger partial charge >= 0.3 is 0 Å². The fourth-order valence-electron chi connectivity index (χ4n) is 2.54. The summed E-state index contributed by atoms with van der Waals surface area (Å²) < 4.78 is 1.19. The minimum absolute atomic E-state index is 0.0465. The van der Waals surface area contributed by atoms with Crippen molar-refractivity contribution in [1.29, 1.82) is 0 Å². The highest BCUT2D eigenvalue weighted by molar-refractivity contribution is 8.27. The van der Waals surface area contributed by atoms with Gasteiger partial charge in [0.25, 0.3) is 11.8 Å². The lowest BCUT2D eigenvalue weighted by atomic mass is 10.1. The molecule has 1 aromatic carbocycles. The second-order valence-corrected chi connectivity index (χ2v) is 8.87. The van der Waals surface area contributed by atoms with Gasteiger partial charge in [-0.3, -0.25) is 19.4 Å². The number of rotatable bonds is 4. The van der Waals surface area contributed by atoms with Gasteiger partial charge in [0.05, 0.1) is 9.81 Å². The van der Waals surface area contributed by atoms with E-state index in [0.29, 0.717) is 31.5 Å². The van der Waals surface area contributed by atoms with Crippen LogP contribution in [-0.2, 0) is 9.59 Å². The predicted molar refractivity (Wildman–Crippen MR) is 118 cm³/mol. The van der Waals surface area contributed by atoms with E-state index in [1.807, 2.05) is 50.3 Å². The Labute approximate surface area is 171 Å². The molecule has 0 aliphatic carbocycles. The van der Waals surface area contributed by atoms with Gasteiger partial charge < -0.3 is 0 Å². The van der Waals surface area contributed by atoms with E-state index >= 15 is 0 Å². The number of benzene rings is 1. The van der Waals surface area contributed by atoms with Crippen LogP contribution in [0, 0.1) is 0 Å². The van der Waals surface area contributed by atoms with E-state index < -0.39 is 0 Å². The van der Waals surface area contributed by atoms with Gasteiger partial charge in [0, 0.05) is 13.1 Å². The molecule has 0 N–H and O–H groups in total. The average molecular weight is 421 g/mol. The van der Waals surface area contributed by atoms with Crippen LogP contribution in [-0.4, -0.2) is 43.3 Å². The van der Waals surface area contributed by atoms with Crippen molar-refractivity contribution in [1.82, 2.24) is 9.80 Å². The van der Waals surface area contributed by atoms with Crippen molar-refractivity contribution in [2.24, 2.45) is 0 Å². The molecule has 2 fully saturated rings. The second kappa shape index (κ2) is 8.04. The number of thioether (sulfide) groups is 2. The van der Waals surface area contributed by atoms with E-state index in [0.717, 1.165) is 11.1 Å². The second-order valence-electron chi connectivity index (χ2n) is 5.52. The lowest BCUT2D eigenvalue weighted by molar-refractivity contribution is -0.122. The number of hydrogen-bond acceptors (Lipinski definition) is 6. The molecule has 8 heteroatoms. The molecule has 3 rings (SSSR count). The molecule has 0 bridgehead atoms. The van der Waals surface area contributed by atoms with Gasteiger partial charge in [0.2, 0.25) is 0 Å². The first-order chi connectivity index (χ1) is 12.4. The van der Waals surface area contributed by atoms with Crippen LogP contribution in [0.25, 0.3) is 12.2 Å². The molecular weight excluding hydrogens is 404 g/mol. The highest BCUT2D eigenvalue weighted by Gasteiger charge is 2.31. The zero-order chi connectivity index (χ0) is 18.8. The third kappa shape index (κ3) is 3.78. The Kier molecular flexibility index (Phi) is 5.96. The van der Waals surface area contributed by atoms with Crippen molar-refractivity contribution in [3.8, 4) is 0 Å². The Morgan fingerprint density at radius 2 is 1.15 bits per heavy atom. The predicted octanol–water partition coefficient (Wildman–Crippen LogP) is 4.13. The molecule has 0 radical (unpaired) electrons. The van der Waals surface area contributed by atoms with Crippen LogP contribution in [0.5, 0.6) is 0 Å². The van der Waals surface area contributed by atoms with Crippen molar-refractivity contribution in [3.63, 3.8) is 0 Å². The van der Waals surface area contributed by atoms with Crippen LogP contribution in [0.15, 0.2) is 34.1 Å². The molecular formula is C18H16N2O2S4. The number of carbonyl (C=O) groups excluding carboxylic acids is 2. The Morgan fingerprint density at radius 3 is 1.42 bits per heavy atom. The minimum atomic E-state index is -0.0465. The molecule has 0 spiro atoms. The summed E-state index contributed by atoms with van der Waals surface area (Å²) in [5.74, 6) is -0.0929. The molecule has 0 unspecified atom stereocenters. The highest BCUT2D eigenvalue weighted by atomic mass is 32.2. The van der Waals surface area contributed by atoms with Gasteiger partial charge in [-0.15, -0.1) is 0 Å². The Morgan fingerprint density at radius 1 is 0.808 bits per heavy atom. The number of hydrogen-bond donors (Lipinski definition) is 0. The molecule has 0 atom stereocenters. The Balaban J connectivity index is 1.78. The molecule has 0 aromatic heterocycles. The zero-order valence-corrected chi connectivity index (χ0v) is 17.5. The highest BCUT2D eigenvalue weighted by Crippen LogP contribution is 2.33. The molecule has 2 amide bonds. The Hall–Kier alpha value is -1.48. The summed E-state index contributed by atoms with van der Waals surface area (Å²) in [6.07, 6.45) is 3.69. The number of amides is 2. The van der Waals surface area contributed by atoms with Gasteiger partial charge in [-0.25, -0.2) is 0 Å². The van der Waals surface area contributed by atoms with Gasteiger partial charge in [0.1, 0.15) is 8.64 Å². The lowest BCUT2D eigenvalue weighted by Crippen LogP contribution is -2.27. The summed E-state index contributed by atoms with van der Waals surface area (Å²) >= 11 is 13.1. The van der Waals surface area contributed by atoms with Gasteiger partial charge in [0.15, 0.2) is 0 Å². The monoisotopic (exact) mass is 420 g/mol. The number of carbonyl (C=O) groups is 2. The van der Waals surface area contributed by atoms with Gasteiger partial charge in [-0.1, -0.05) is 72.2 Å². The van der Waals surface area contributed by atoms with Crippen LogP contribution in [0.4, 0.5) is 0 Å². The van der Waals surface area contributed by atoms with E-state index in [-0.39, 0.29) is 11.8 Å². The maximum Gasteiger partial charge on any atom is 0.266 e. The van der Waals surface area contributed by atoms with Crippen molar-refractivity contribution >= 4 is 80.6 Å². The number of nitrogens with zero attached hydrogens (tertiary/aromatic N) is 2. The SMILES string of the molecule is CCN1C(=O)/C(=C\c2ccc(/C=C3/SC(=S)N(CC)C3=O)cc2)SC1=S. The topological polar surface area (TPSA) is 40.6 Å². The number of likely N-dealkylation sites (N-methyl/N-ethyl adjacent to an activating group) is 2. The first-order valence-corrected chi connectivity index (χ1v) is 10.5. The summed E-state index contributed by atoms with van der Waals surface area (Å²) in [5, 5.41) is 0. The van der Waals surface area contributed by atoms with Gasteiger partial charge in [-0.2, -0.15) is 0 Å². The first kappa shape index (κ1) is 19.3. The molecule has 26 heavy (non-hydrogen) atoms. The van der Waals surface area contributed by atoms with Crippen molar-refractivity contribution in [3.05, 3.63) is 45.2 Å². The lowest BCUT2D eigenvalue weighted by Gasteiger charge is -2.09. The van der Waals surface area contributed by atoms with Crippen molar-refractivity contribution in [2.45, 2.75) is 13.8 Å².